The number of likely N-dealkylation sites (N-methyl/N-ethyl adjacent to an activating group) is 1. The second-order valence-electron chi connectivity index (χ2n) is 4.72. The molecule has 0 radical (unpaired) electrons. The van der Waals surface area contributed by atoms with Crippen molar-refractivity contribution in [3.05, 3.63) is 11.6 Å². The molecule has 1 unspecified atom stereocenters. The van der Waals surface area contributed by atoms with Crippen LogP contribution in [0.5, 0.6) is 0 Å². The van der Waals surface area contributed by atoms with Gasteiger partial charge in [0.1, 0.15) is 5.82 Å². The van der Waals surface area contributed by atoms with Crippen LogP contribution in [0.2, 0.25) is 0 Å². The molecule has 1 aliphatic rings. The molecule has 6 nitrogen and oxygen atoms in total. The number of aromatic nitrogens is 3. The molecule has 2 rings (SSSR count). The van der Waals surface area contributed by atoms with Gasteiger partial charge < -0.3 is 14.2 Å². The summed E-state index contributed by atoms with van der Waals surface area (Å²) in [5.74, 6) is 0.722. The highest BCUT2D eigenvalue weighted by atomic mass is 16.5. The van der Waals surface area contributed by atoms with Crippen LogP contribution in [-0.4, -0.2) is 52.4 Å². The van der Waals surface area contributed by atoms with Gasteiger partial charge in [-0.15, -0.1) is 10.2 Å². The number of likely N-dealkylation sites (tertiary alicyclic amines) is 1. The van der Waals surface area contributed by atoms with E-state index in [-0.39, 0.29) is 12.0 Å². The molecule has 100 valence electrons. The fraction of sp³-hybridized carbons (Fsp3) is 0.750. The zero-order valence-electron chi connectivity index (χ0n) is 11.2. The van der Waals surface area contributed by atoms with Crippen LogP contribution in [0.15, 0.2) is 0 Å². The first kappa shape index (κ1) is 13.0. The summed E-state index contributed by atoms with van der Waals surface area (Å²) < 4.78 is 6.95. The van der Waals surface area contributed by atoms with Gasteiger partial charge in [0.2, 0.25) is 5.82 Å². The third-order valence-electron chi connectivity index (χ3n) is 3.29. The van der Waals surface area contributed by atoms with E-state index in [1.54, 1.807) is 6.92 Å². The Bertz CT molecular complexity index is 430. The molecule has 1 aliphatic heterocycles. The highest BCUT2D eigenvalue weighted by Crippen LogP contribution is 2.23. The Morgan fingerprint density at radius 2 is 2.28 bits per heavy atom. The Morgan fingerprint density at radius 1 is 1.50 bits per heavy atom. The Morgan fingerprint density at radius 3 is 2.94 bits per heavy atom. The molecular formula is C12H20N4O2. The third-order valence-corrected chi connectivity index (χ3v) is 3.29. The SMILES string of the molecule is CCOC(=O)c1nnc(C)n1C1CCCN(C)C1. The van der Waals surface area contributed by atoms with Gasteiger partial charge in [0.05, 0.1) is 6.61 Å². The van der Waals surface area contributed by atoms with E-state index in [9.17, 15) is 4.79 Å². The number of aryl methyl sites for hydroxylation is 1. The number of rotatable bonds is 3. The molecule has 6 heteroatoms. The van der Waals surface area contributed by atoms with Crippen molar-refractivity contribution in [2.45, 2.75) is 32.7 Å². The van der Waals surface area contributed by atoms with Gasteiger partial charge in [-0.3, -0.25) is 0 Å². The molecule has 0 spiro atoms. The van der Waals surface area contributed by atoms with Crippen LogP contribution >= 0.6 is 0 Å². The normalized spacial score (nSPS) is 20.9. The lowest BCUT2D eigenvalue weighted by atomic mass is 10.1. The van der Waals surface area contributed by atoms with Crippen molar-refractivity contribution in [3.8, 4) is 0 Å². The highest BCUT2D eigenvalue weighted by molar-refractivity contribution is 5.85. The van der Waals surface area contributed by atoms with Crippen molar-refractivity contribution in [1.82, 2.24) is 19.7 Å². The zero-order valence-corrected chi connectivity index (χ0v) is 11.2. The fourth-order valence-corrected chi connectivity index (χ4v) is 2.49. The minimum Gasteiger partial charge on any atom is -0.460 e. The van der Waals surface area contributed by atoms with Crippen LogP contribution in [-0.2, 0) is 4.74 Å². The molecule has 1 atom stereocenters. The molecular weight excluding hydrogens is 232 g/mol. The number of carbonyl (C=O) groups excluding carboxylic acids is 1. The number of piperidine rings is 1. The van der Waals surface area contributed by atoms with E-state index in [1.807, 2.05) is 11.5 Å². The summed E-state index contributed by atoms with van der Waals surface area (Å²) in [4.78, 5) is 14.1. The van der Waals surface area contributed by atoms with Crippen LogP contribution in [0.3, 0.4) is 0 Å². The summed E-state index contributed by atoms with van der Waals surface area (Å²) in [6.45, 7) is 6.05. The molecule has 18 heavy (non-hydrogen) atoms. The summed E-state index contributed by atoms with van der Waals surface area (Å²) in [7, 11) is 2.09. The summed E-state index contributed by atoms with van der Waals surface area (Å²) in [6.07, 6.45) is 2.18. The molecule has 1 aromatic rings. The van der Waals surface area contributed by atoms with Crippen LogP contribution < -0.4 is 0 Å². The van der Waals surface area contributed by atoms with Gasteiger partial charge in [0.15, 0.2) is 0 Å². The van der Waals surface area contributed by atoms with E-state index < -0.39 is 0 Å². The van der Waals surface area contributed by atoms with E-state index in [2.05, 4.69) is 22.1 Å². The van der Waals surface area contributed by atoms with Gasteiger partial charge in [-0.1, -0.05) is 0 Å². The van der Waals surface area contributed by atoms with Gasteiger partial charge in [0.25, 0.3) is 0 Å². The van der Waals surface area contributed by atoms with Gasteiger partial charge in [-0.25, -0.2) is 4.79 Å². The Labute approximate surface area is 107 Å². The summed E-state index contributed by atoms with van der Waals surface area (Å²) in [6, 6.07) is 0.262. The lowest BCUT2D eigenvalue weighted by Crippen LogP contribution is -2.35. The second kappa shape index (κ2) is 5.48. The van der Waals surface area contributed by atoms with Crippen LogP contribution in [0.4, 0.5) is 0 Å². The van der Waals surface area contributed by atoms with Crippen LogP contribution in [0, 0.1) is 6.92 Å². The summed E-state index contributed by atoms with van der Waals surface area (Å²) in [5, 5.41) is 7.97. The minimum absolute atomic E-state index is 0.262. The van der Waals surface area contributed by atoms with E-state index in [4.69, 9.17) is 4.74 Å². The quantitative estimate of drug-likeness (QED) is 0.752. The number of esters is 1. The molecule has 2 heterocycles. The van der Waals surface area contributed by atoms with E-state index in [1.165, 1.54) is 0 Å². The van der Waals surface area contributed by atoms with Crippen molar-refractivity contribution in [1.29, 1.82) is 0 Å². The summed E-state index contributed by atoms with van der Waals surface area (Å²) in [5.41, 5.74) is 0. The molecule has 0 N–H and O–H groups in total. The molecule has 0 aromatic carbocycles. The fourth-order valence-electron chi connectivity index (χ4n) is 2.49. The molecule has 0 saturated carbocycles. The monoisotopic (exact) mass is 252 g/mol. The van der Waals surface area contributed by atoms with E-state index in [0.29, 0.717) is 12.4 Å². The van der Waals surface area contributed by atoms with Crippen molar-refractivity contribution in [2.75, 3.05) is 26.7 Å². The average molecular weight is 252 g/mol. The molecule has 1 aromatic heterocycles. The van der Waals surface area contributed by atoms with Crippen molar-refractivity contribution in [3.63, 3.8) is 0 Å². The van der Waals surface area contributed by atoms with E-state index in [0.717, 1.165) is 31.8 Å². The largest absolute Gasteiger partial charge is 0.460 e. The van der Waals surface area contributed by atoms with Crippen molar-refractivity contribution >= 4 is 5.97 Å². The van der Waals surface area contributed by atoms with Gasteiger partial charge >= 0.3 is 5.97 Å². The Kier molecular flexibility index (Phi) is 3.96. The number of nitrogens with zero attached hydrogens (tertiary/aromatic N) is 4. The first-order chi connectivity index (χ1) is 8.63. The topological polar surface area (TPSA) is 60.2 Å². The molecule has 1 saturated heterocycles. The molecule has 1 fully saturated rings. The number of hydrogen-bond acceptors (Lipinski definition) is 5. The Balaban J connectivity index is 2.25. The second-order valence-corrected chi connectivity index (χ2v) is 4.72. The number of carbonyl (C=O) groups is 1. The predicted molar refractivity (Wildman–Crippen MR) is 66.5 cm³/mol. The zero-order chi connectivity index (χ0) is 13.1. The van der Waals surface area contributed by atoms with Crippen molar-refractivity contribution in [2.24, 2.45) is 0 Å². The molecule has 0 bridgehead atoms. The van der Waals surface area contributed by atoms with Crippen molar-refractivity contribution < 1.29 is 9.53 Å². The standard InChI is InChI=1S/C12H20N4O2/c1-4-18-12(17)11-14-13-9(2)16(11)10-6-5-7-15(3)8-10/h10H,4-8H2,1-3H3. The maximum absolute atomic E-state index is 11.8. The lowest BCUT2D eigenvalue weighted by Gasteiger charge is -2.31. The van der Waals surface area contributed by atoms with Gasteiger partial charge in [-0.2, -0.15) is 0 Å². The highest BCUT2D eigenvalue weighted by Gasteiger charge is 2.26. The lowest BCUT2D eigenvalue weighted by molar-refractivity contribution is 0.0498. The third kappa shape index (κ3) is 2.53. The first-order valence-corrected chi connectivity index (χ1v) is 6.40. The smallest absolute Gasteiger partial charge is 0.376 e. The van der Waals surface area contributed by atoms with Crippen LogP contribution in [0.25, 0.3) is 0 Å². The minimum atomic E-state index is -0.383. The Hall–Kier alpha value is -1.43. The van der Waals surface area contributed by atoms with Gasteiger partial charge in [0, 0.05) is 12.6 Å². The number of hydrogen-bond donors (Lipinski definition) is 0. The maximum atomic E-state index is 11.8. The first-order valence-electron chi connectivity index (χ1n) is 6.40. The van der Waals surface area contributed by atoms with Crippen LogP contribution in [0.1, 0.15) is 42.3 Å². The van der Waals surface area contributed by atoms with Gasteiger partial charge in [-0.05, 0) is 40.3 Å². The molecule has 0 aliphatic carbocycles. The maximum Gasteiger partial charge on any atom is 0.376 e. The summed E-state index contributed by atoms with van der Waals surface area (Å²) >= 11 is 0. The number of ether oxygens (including phenoxy) is 1. The average Bonchev–Trinajstić information content (AvgIpc) is 2.71. The molecule has 0 amide bonds. The predicted octanol–water partition coefficient (Wildman–Crippen LogP) is 1.03. The van der Waals surface area contributed by atoms with E-state index >= 15 is 0 Å².